The summed E-state index contributed by atoms with van der Waals surface area (Å²) in [5, 5.41) is 15.6. The van der Waals surface area contributed by atoms with Gasteiger partial charge in [0.15, 0.2) is 0 Å². The second kappa shape index (κ2) is 10.3. The normalized spacial score (nSPS) is 13.9. The van der Waals surface area contributed by atoms with Crippen LogP contribution in [0.2, 0.25) is 0 Å². The van der Waals surface area contributed by atoms with E-state index in [2.05, 4.69) is 15.6 Å². The molecule has 0 spiro atoms. The van der Waals surface area contributed by atoms with Crippen molar-refractivity contribution < 1.29 is 24.2 Å². The zero-order valence-corrected chi connectivity index (χ0v) is 17.6. The Hall–Kier alpha value is -2.78. The molecule has 2 aromatic rings. The summed E-state index contributed by atoms with van der Waals surface area (Å²) in [4.78, 5) is 41.8. The summed E-state index contributed by atoms with van der Waals surface area (Å²) in [6, 6.07) is 2.52. The van der Waals surface area contributed by atoms with E-state index in [4.69, 9.17) is 4.74 Å². The molecule has 160 valence electrons. The van der Waals surface area contributed by atoms with Gasteiger partial charge in [-0.15, -0.1) is 11.3 Å². The monoisotopic (exact) mass is 431 g/mol. The van der Waals surface area contributed by atoms with Crippen molar-refractivity contribution >= 4 is 34.2 Å². The van der Waals surface area contributed by atoms with Crippen molar-refractivity contribution in [2.45, 2.75) is 51.6 Å². The van der Waals surface area contributed by atoms with Gasteiger partial charge >= 0.3 is 11.9 Å². The first-order chi connectivity index (χ1) is 14.5. The van der Waals surface area contributed by atoms with Crippen molar-refractivity contribution in [1.29, 1.82) is 0 Å². The minimum atomic E-state index is -1.12. The Morgan fingerprint density at radius 2 is 2.10 bits per heavy atom. The number of aliphatic carboxylic acids is 1. The fraction of sp³-hybridized carbons (Fsp3) is 0.429. The standard InChI is InChI=1S/C21H25N3O5S/c1-2-29-21(28)18-14-7-3-4-8-16(14)30-19(18)24-17(25)10-15(20(26)27)23-12-13-6-5-9-22-11-13/h5-6,9,11,15,23H,2-4,7-8,10,12H2,1H3,(H,24,25)(H,26,27)/t15-/m0/s1. The number of nitrogens with zero attached hydrogens (tertiary/aromatic N) is 1. The number of fused-ring (bicyclic) bond motifs is 1. The largest absolute Gasteiger partial charge is 0.480 e. The van der Waals surface area contributed by atoms with Gasteiger partial charge in [-0.05, 0) is 49.8 Å². The first-order valence-electron chi connectivity index (χ1n) is 9.96. The molecule has 0 bridgehead atoms. The van der Waals surface area contributed by atoms with E-state index in [9.17, 15) is 19.5 Å². The molecule has 1 aliphatic carbocycles. The molecule has 9 heteroatoms. The molecular formula is C21H25N3O5S. The molecule has 1 aliphatic rings. The van der Waals surface area contributed by atoms with Crippen LogP contribution >= 0.6 is 11.3 Å². The highest BCUT2D eigenvalue weighted by molar-refractivity contribution is 7.17. The number of ether oxygens (including phenoxy) is 1. The Morgan fingerprint density at radius 3 is 2.80 bits per heavy atom. The molecule has 3 rings (SSSR count). The summed E-state index contributed by atoms with van der Waals surface area (Å²) >= 11 is 1.38. The van der Waals surface area contributed by atoms with Crippen molar-refractivity contribution in [3.8, 4) is 0 Å². The fourth-order valence-electron chi connectivity index (χ4n) is 3.43. The Kier molecular flexibility index (Phi) is 7.53. The van der Waals surface area contributed by atoms with Crippen LogP contribution in [-0.2, 0) is 33.7 Å². The van der Waals surface area contributed by atoms with E-state index in [0.29, 0.717) is 10.6 Å². The number of pyridine rings is 1. The van der Waals surface area contributed by atoms with E-state index in [0.717, 1.165) is 41.7 Å². The number of carbonyl (C=O) groups is 3. The molecule has 30 heavy (non-hydrogen) atoms. The van der Waals surface area contributed by atoms with Crippen LogP contribution in [0.1, 0.15) is 52.5 Å². The summed E-state index contributed by atoms with van der Waals surface area (Å²) in [6.45, 7) is 2.26. The molecule has 0 fully saturated rings. The van der Waals surface area contributed by atoms with Gasteiger partial charge in [-0.1, -0.05) is 6.07 Å². The predicted octanol–water partition coefficient (Wildman–Crippen LogP) is 2.77. The SMILES string of the molecule is CCOC(=O)c1c(NC(=O)C[C@H](NCc2cccnc2)C(=O)O)sc2c1CCCC2. The average Bonchev–Trinajstić information content (AvgIpc) is 3.09. The number of aromatic nitrogens is 1. The van der Waals surface area contributed by atoms with Gasteiger partial charge in [0.2, 0.25) is 5.91 Å². The number of anilines is 1. The van der Waals surface area contributed by atoms with Gasteiger partial charge in [-0.3, -0.25) is 19.9 Å². The number of thiophene rings is 1. The first-order valence-corrected chi connectivity index (χ1v) is 10.8. The van der Waals surface area contributed by atoms with E-state index in [1.807, 2.05) is 6.07 Å². The molecule has 8 nitrogen and oxygen atoms in total. The quantitative estimate of drug-likeness (QED) is 0.523. The molecular weight excluding hydrogens is 406 g/mol. The molecule has 0 unspecified atom stereocenters. The van der Waals surface area contributed by atoms with Gasteiger partial charge in [-0.25, -0.2) is 4.79 Å². The van der Waals surface area contributed by atoms with Gasteiger partial charge in [0.1, 0.15) is 11.0 Å². The number of hydrogen-bond donors (Lipinski definition) is 3. The van der Waals surface area contributed by atoms with E-state index >= 15 is 0 Å². The van der Waals surface area contributed by atoms with Crippen LogP contribution in [0.3, 0.4) is 0 Å². The Morgan fingerprint density at radius 1 is 1.30 bits per heavy atom. The molecule has 1 atom stereocenters. The first kappa shape index (κ1) is 21.9. The molecule has 0 saturated heterocycles. The van der Waals surface area contributed by atoms with Crippen LogP contribution in [0.15, 0.2) is 24.5 Å². The number of hydrogen-bond acceptors (Lipinski definition) is 7. The Labute approximate surface area is 178 Å². The van der Waals surface area contributed by atoms with Crippen molar-refractivity contribution in [3.05, 3.63) is 46.1 Å². The van der Waals surface area contributed by atoms with Crippen LogP contribution in [0.5, 0.6) is 0 Å². The molecule has 2 aromatic heterocycles. The smallest absolute Gasteiger partial charge is 0.341 e. The third-order valence-electron chi connectivity index (χ3n) is 4.87. The average molecular weight is 432 g/mol. The van der Waals surface area contributed by atoms with Gasteiger partial charge in [0.25, 0.3) is 0 Å². The highest BCUT2D eigenvalue weighted by atomic mass is 32.1. The number of nitrogens with one attached hydrogen (secondary N) is 2. The number of carboxylic acids is 1. The third kappa shape index (κ3) is 5.43. The van der Waals surface area contributed by atoms with Crippen molar-refractivity contribution in [2.75, 3.05) is 11.9 Å². The highest BCUT2D eigenvalue weighted by Crippen LogP contribution is 2.38. The maximum absolute atomic E-state index is 12.6. The summed E-state index contributed by atoms with van der Waals surface area (Å²) in [7, 11) is 0. The summed E-state index contributed by atoms with van der Waals surface area (Å²) in [5.74, 6) is -2.04. The van der Waals surface area contributed by atoms with Gasteiger partial charge < -0.3 is 15.2 Å². The summed E-state index contributed by atoms with van der Waals surface area (Å²) in [5.41, 5.74) is 2.18. The molecule has 0 saturated carbocycles. The Balaban J connectivity index is 1.70. The third-order valence-corrected chi connectivity index (χ3v) is 6.07. The molecule has 0 radical (unpaired) electrons. The maximum atomic E-state index is 12.6. The molecule has 0 aliphatic heterocycles. The van der Waals surface area contributed by atoms with Crippen LogP contribution in [0, 0.1) is 0 Å². The number of esters is 1. The van der Waals surface area contributed by atoms with E-state index in [1.54, 1.807) is 25.4 Å². The zero-order chi connectivity index (χ0) is 21.5. The van der Waals surface area contributed by atoms with E-state index in [1.165, 1.54) is 11.3 Å². The minimum absolute atomic E-state index is 0.246. The number of aryl methyl sites for hydroxylation is 1. The van der Waals surface area contributed by atoms with Crippen LogP contribution in [0.4, 0.5) is 5.00 Å². The lowest BCUT2D eigenvalue weighted by Crippen LogP contribution is -2.39. The number of rotatable bonds is 9. The van der Waals surface area contributed by atoms with Crippen molar-refractivity contribution in [3.63, 3.8) is 0 Å². The van der Waals surface area contributed by atoms with Crippen LogP contribution in [-0.4, -0.2) is 40.6 Å². The van der Waals surface area contributed by atoms with Gasteiger partial charge in [0, 0.05) is 23.8 Å². The molecule has 2 heterocycles. The van der Waals surface area contributed by atoms with E-state index in [-0.39, 0.29) is 19.6 Å². The van der Waals surface area contributed by atoms with Crippen LogP contribution < -0.4 is 10.6 Å². The molecule has 3 N–H and O–H groups in total. The maximum Gasteiger partial charge on any atom is 0.341 e. The minimum Gasteiger partial charge on any atom is -0.480 e. The molecule has 1 amide bonds. The summed E-state index contributed by atoms with van der Waals surface area (Å²) < 4.78 is 5.19. The Bertz CT molecular complexity index is 913. The lowest BCUT2D eigenvalue weighted by Gasteiger charge is -2.15. The lowest BCUT2D eigenvalue weighted by atomic mass is 9.95. The van der Waals surface area contributed by atoms with Crippen LogP contribution in [0.25, 0.3) is 0 Å². The van der Waals surface area contributed by atoms with E-state index < -0.39 is 23.9 Å². The molecule has 0 aromatic carbocycles. The lowest BCUT2D eigenvalue weighted by molar-refractivity contribution is -0.141. The number of amides is 1. The van der Waals surface area contributed by atoms with Crippen molar-refractivity contribution in [2.24, 2.45) is 0 Å². The van der Waals surface area contributed by atoms with Crippen molar-refractivity contribution in [1.82, 2.24) is 10.3 Å². The highest BCUT2D eigenvalue weighted by Gasteiger charge is 2.28. The van der Waals surface area contributed by atoms with Gasteiger partial charge in [0.05, 0.1) is 18.6 Å². The predicted molar refractivity (Wildman–Crippen MR) is 113 cm³/mol. The number of carboxylic acid groups (broad SMARTS) is 1. The summed E-state index contributed by atoms with van der Waals surface area (Å²) in [6.07, 6.45) is 6.68. The second-order valence-electron chi connectivity index (χ2n) is 7.02. The second-order valence-corrected chi connectivity index (χ2v) is 8.13. The fourth-order valence-corrected chi connectivity index (χ4v) is 4.72. The topological polar surface area (TPSA) is 118 Å². The van der Waals surface area contributed by atoms with Gasteiger partial charge in [-0.2, -0.15) is 0 Å². The number of carbonyl (C=O) groups excluding carboxylic acids is 2. The zero-order valence-electron chi connectivity index (χ0n) is 16.8.